The highest BCUT2D eigenvalue weighted by Gasteiger charge is 2.37. The van der Waals surface area contributed by atoms with Gasteiger partial charge in [0.15, 0.2) is 9.84 Å². The zero-order valence-electron chi connectivity index (χ0n) is 13.3. The van der Waals surface area contributed by atoms with Crippen molar-refractivity contribution in [1.82, 2.24) is 5.32 Å². The van der Waals surface area contributed by atoms with Crippen LogP contribution in [0.3, 0.4) is 0 Å². The fourth-order valence-corrected chi connectivity index (χ4v) is 5.61. The van der Waals surface area contributed by atoms with Crippen molar-refractivity contribution in [3.8, 4) is 0 Å². The third kappa shape index (κ3) is 3.49. The normalized spacial score (nSPS) is 19.6. The van der Waals surface area contributed by atoms with Gasteiger partial charge in [-0.3, -0.25) is 0 Å². The molecule has 0 heterocycles. The van der Waals surface area contributed by atoms with Crippen molar-refractivity contribution in [3.63, 3.8) is 0 Å². The average Bonchev–Trinajstić information content (AvgIpc) is 3.03. The molecule has 0 aliphatic heterocycles. The molecule has 4 heteroatoms. The smallest absolute Gasteiger partial charge is 0.157 e. The van der Waals surface area contributed by atoms with Crippen LogP contribution in [0.2, 0.25) is 0 Å². The quantitative estimate of drug-likeness (QED) is 0.877. The van der Waals surface area contributed by atoms with E-state index in [1.54, 1.807) is 0 Å². The maximum atomic E-state index is 12.8. The fraction of sp³-hybridized carbons (Fsp3) is 0.647. The molecular weight excluding hydrogens is 282 g/mol. The monoisotopic (exact) mass is 309 g/mol. The van der Waals surface area contributed by atoms with Crippen molar-refractivity contribution < 1.29 is 8.42 Å². The van der Waals surface area contributed by atoms with Crippen molar-refractivity contribution >= 4 is 9.84 Å². The lowest BCUT2D eigenvalue weighted by molar-refractivity contribution is 0.520. The Kier molecular flexibility index (Phi) is 5.44. The van der Waals surface area contributed by atoms with Crippen LogP contribution >= 0.6 is 0 Å². The second kappa shape index (κ2) is 6.93. The van der Waals surface area contributed by atoms with E-state index in [1.165, 1.54) is 5.56 Å². The maximum Gasteiger partial charge on any atom is 0.157 e. The van der Waals surface area contributed by atoms with E-state index in [0.29, 0.717) is 0 Å². The fourth-order valence-electron chi connectivity index (χ4n) is 3.34. The van der Waals surface area contributed by atoms with Crippen LogP contribution in [0, 0.1) is 0 Å². The van der Waals surface area contributed by atoms with Gasteiger partial charge in [-0.2, -0.15) is 0 Å². The van der Waals surface area contributed by atoms with Gasteiger partial charge in [0, 0.05) is 6.04 Å². The van der Waals surface area contributed by atoms with Crippen LogP contribution in [-0.2, 0) is 16.3 Å². The van der Waals surface area contributed by atoms with Crippen molar-refractivity contribution in [2.75, 3.05) is 7.05 Å². The first kappa shape index (κ1) is 16.5. The Morgan fingerprint density at radius 1 is 1.19 bits per heavy atom. The SMILES string of the molecule is CCc1ccc(C(NC)C(C)S(=O)(=O)C2CCCC2)cc1. The molecule has 1 aliphatic carbocycles. The Morgan fingerprint density at radius 2 is 1.76 bits per heavy atom. The van der Waals surface area contributed by atoms with Crippen LogP contribution in [0.25, 0.3) is 0 Å². The highest BCUT2D eigenvalue weighted by molar-refractivity contribution is 7.92. The summed E-state index contributed by atoms with van der Waals surface area (Å²) in [7, 11) is -1.23. The first-order valence-corrected chi connectivity index (χ1v) is 9.60. The molecule has 0 radical (unpaired) electrons. The molecular formula is C17H27NO2S. The summed E-state index contributed by atoms with van der Waals surface area (Å²) in [5, 5.41) is 2.67. The second-order valence-corrected chi connectivity index (χ2v) is 8.65. The number of nitrogens with one attached hydrogen (secondary N) is 1. The minimum absolute atomic E-state index is 0.137. The summed E-state index contributed by atoms with van der Waals surface area (Å²) >= 11 is 0. The number of rotatable bonds is 6. The summed E-state index contributed by atoms with van der Waals surface area (Å²) in [6.07, 6.45) is 4.76. The molecule has 2 atom stereocenters. The lowest BCUT2D eigenvalue weighted by Gasteiger charge is -2.27. The van der Waals surface area contributed by atoms with E-state index in [4.69, 9.17) is 0 Å². The molecule has 1 aromatic carbocycles. The van der Waals surface area contributed by atoms with Gasteiger partial charge in [-0.1, -0.05) is 44.0 Å². The molecule has 1 N–H and O–H groups in total. The highest BCUT2D eigenvalue weighted by Crippen LogP contribution is 2.32. The van der Waals surface area contributed by atoms with Gasteiger partial charge in [0.25, 0.3) is 0 Å². The highest BCUT2D eigenvalue weighted by atomic mass is 32.2. The van der Waals surface area contributed by atoms with Crippen LogP contribution in [0.4, 0.5) is 0 Å². The van der Waals surface area contributed by atoms with Gasteiger partial charge in [0.2, 0.25) is 0 Å². The van der Waals surface area contributed by atoms with Crippen LogP contribution in [-0.4, -0.2) is 26.0 Å². The zero-order chi connectivity index (χ0) is 15.5. The summed E-state index contributed by atoms with van der Waals surface area (Å²) in [6, 6.07) is 8.16. The number of hydrogen-bond acceptors (Lipinski definition) is 3. The summed E-state index contributed by atoms with van der Waals surface area (Å²) in [4.78, 5) is 0. The van der Waals surface area contributed by atoms with Crippen LogP contribution in [0.15, 0.2) is 24.3 Å². The van der Waals surface area contributed by atoms with E-state index in [-0.39, 0.29) is 11.3 Å². The molecule has 1 aromatic rings. The Balaban J connectivity index is 2.22. The minimum atomic E-state index is -3.08. The van der Waals surface area contributed by atoms with Crippen molar-refractivity contribution in [1.29, 1.82) is 0 Å². The minimum Gasteiger partial charge on any atom is -0.312 e. The molecule has 0 aromatic heterocycles. The van der Waals surface area contributed by atoms with E-state index in [1.807, 2.05) is 14.0 Å². The number of hydrogen-bond donors (Lipinski definition) is 1. The van der Waals surface area contributed by atoms with Crippen molar-refractivity contribution in [2.45, 2.75) is 62.5 Å². The molecule has 0 saturated heterocycles. The molecule has 2 unspecified atom stereocenters. The summed E-state index contributed by atoms with van der Waals surface area (Å²) in [6.45, 7) is 3.97. The molecule has 1 aliphatic rings. The molecule has 21 heavy (non-hydrogen) atoms. The Hall–Kier alpha value is -0.870. The molecule has 1 saturated carbocycles. The Bertz CT molecular complexity index is 545. The van der Waals surface area contributed by atoms with Crippen molar-refractivity contribution in [2.24, 2.45) is 0 Å². The first-order chi connectivity index (χ1) is 10.0. The molecule has 0 bridgehead atoms. The Morgan fingerprint density at radius 3 is 2.24 bits per heavy atom. The summed E-state index contributed by atoms with van der Waals surface area (Å²) in [5.74, 6) is 0. The van der Waals surface area contributed by atoms with Gasteiger partial charge in [0.05, 0.1) is 10.5 Å². The lowest BCUT2D eigenvalue weighted by atomic mass is 10.0. The largest absolute Gasteiger partial charge is 0.312 e. The summed E-state index contributed by atoms with van der Waals surface area (Å²) < 4.78 is 25.6. The number of benzene rings is 1. The van der Waals surface area contributed by atoms with E-state index in [9.17, 15) is 8.42 Å². The van der Waals surface area contributed by atoms with E-state index in [0.717, 1.165) is 37.7 Å². The third-order valence-electron chi connectivity index (χ3n) is 4.81. The predicted molar refractivity (Wildman–Crippen MR) is 88.3 cm³/mol. The number of aryl methyl sites for hydroxylation is 1. The van der Waals surface area contributed by atoms with Crippen LogP contribution in [0.1, 0.15) is 56.7 Å². The first-order valence-electron chi connectivity index (χ1n) is 7.99. The van der Waals surface area contributed by atoms with Gasteiger partial charge in [-0.05, 0) is 44.4 Å². The third-order valence-corrected chi connectivity index (χ3v) is 7.52. The number of sulfone groups is 1. The molecule has 118 valence electrons. The molecule has 0 spiro atoms. The van der Waals surface area contributed by atoms with Gasteiger partial charge < -0.3 is 5.32 Å². The maximum absolute atomic E-state index is 12.8. The van der Waals surface area contributed by atoms with E-state index >= 15 is 0 Å². The van der Waals surface area contributed by atoms with Gasteiger partial charge >= 0.3 is 0 Å². The van der Waals surface area contributed by atoms with Gasteiger partial charge in [-0.15, -0.1) is 0 Å². The zero-order valence-corrected chi connectivity index (χ0v) is 14.1. The summed E-state index contributed by atoms with van der Waals surface area (Å²) in [5.41, 5.74) is 2.34. The molecule has 2 rings (SSSR count). The van der Waals surface area contributed by atoms with Crippen LogP contribution < -0.4 is 5.32 Å². The molecule has 0 amide bonds. The second-order valence-electron chi connectivity index (χ2n) is 6.06. The standard InChI is InChI=1S/C17H27NO2S/c1-4-14-9-11-15(12-10-14)17(18-3)13(2)21(19,20)16-7-5-6-8-16/h9-13,16-18H,4-8H2,1-3H3. The van der Waals surface area contributed by atoms with Crippen molar-refractivity contribution in [3.05, 3.63) is 35.4 Å². The topological polar surface area (TPSA) is 46.2 Å². The average molecular weight is 309 g/mol. The lowest BCUT2D eigenvalue weighted by Crippen LogP contribution is -2.38. The van der Waals surface area contributed by atoms with Crippen LogP contribution in [0.5, 0.6) is 0 Å². The van der Waals surface area contributed by atoms with Gasteiger partial charge in [-0.25, -0.2) is 8.42 Å². The van der Waals surface area contributed by atoms with E-state index < -0.39 is 15.1 Å². The van der Waals surface area contributed by atoms with E-state index in [2.05, 4.69) is 36.5 Å². The molecule has 1 fully saturated rings. The van der Waals surface area contributed by atoms with Gasteiger partial charge in [0.1, 0.15) is 0 Å². The Labute approximate surface area is 129 Å². The molecule has 3 nitrogen and oxygen atoms in total. The predicted octanol–water partition coefficient (Wildman–Crippen LogP) is 3.26.